The van der Waals surface area contributed by atoms with Crippen LogP contribution in [0.25, 0.3) is 11.4 Å². The summed E-state index contributed by atoms with van der Waals surface area (Å²) in [7, 11) is 0. The van der Waals surface area contributed by atoms with Crippen LogP contribution >= 0.6 is 0 Å². The third kappa shape index (κ3) is 3.83. The highest BCUT2D eigenvalue weighted by Gasteiger charge is 2.22. The third-order valence-corrected chi connectivity index (χ3v) is 4.91. The SMILES string of the molecule is CC(C)N1CCC[C@@H](Cc2cnc(-c3ccnn3C(C)C)cn2)C1. The first-order valence-electron chi connectivity index (χ1n) is 9.13. The van der Waals surface area contributed by atoms with Gasteiger partial charge >= 0.3 is 0 Å². The number of rotatable bonds is 5. The quantitative estimate of drug-likeness (QED) is 0.842. The van der Waals surface area contributed by atoms with Crippen molar-refractivity contribution < 1.29 is 0 Å². The van der Waals surface area contributed by atoms with E-state index < -0.39 is 0 Å². The fraction of sp³-hybridized carbons (Fsp3) is 0.632. The van der Waals surface area contributed by atoms with Crippen molar-refractivity contribution in [1.82, 2.24) is 24.6 Å². The fourth-order valence-electron chi connectivity index (χ4n) is 3.55. The first-order valence-corrected chi connectivity index (χ1v) is 9.13. The molecule has 24 heavy (non-hydrogen) atoms. The minimum absolute atomic E-state index is 0.320. The molecule has 1 atom stereocenters. The van der Waals surface area contributed by atoms with Crippen LogP contribution in [0.3, 0.4) is 0 Å². The van der Waals surface area contributed by atoms with Gasteiger partial charge in [0.25, 0.3) is 0 Å². The first-order chi connectivity index (χ1) is 11.5. The van der Waals surface area contributed by atoms with Gasteiger partial charge in [-0.3, -0.25) is 14.6 Å². The topological polar surface area (TPSA) is 46.8 Å². The average molecular weight is 327 g/mol. The van der Waals surface area contributed by atoms with Crippen molar-refractivity contribution in [3.8, 4) is 11.4 Å². The lowest BCUT2D eigenvalue weighted by atomic mass is 9.93. The molecule has 5 heteroatoms. The van der Waals surface area contributed by atoms with Gasteiger partial charge in [0, 0.05) is 31.0 Å². The Balaban J connectivity index is 1.67. The third-order valence-electron chi connectivity index (χ3n) is 4.91. The number of nitrogens with zero attached hydrogens (tertiary/aromatic N) is 5. The lowest BCUT2D eigenvalue weighted by molar-refractivity contribution is 0.139. The van der Waals surface area contributed by atoms with Gasteiger partial charge in [0.2, 0.25) is 0 Å². The van der Waals surface area contributed by atoms with Crippen LogP contribution in [0.2, 0.25) is 0 Å². The molecule has 0 bridgehead atoms. The monoisotopic (exact) mass is 327 g/mol. The van der Waals surface area contributed by atoms with Gasteiger partial charge in [-0.15, -0.1) is 0 Å². The largest absolute Gasteiger partial charge is 0.301 e. The number of piperidine rings is 1. The van der Waals surface area contributed by atoms with Crippen LogP contribution < -0.4 is 0 Å². The van der Waals surface area contributed by atoms with Crippen molar-refractivity contribution in [2.45, 2.75) is 59.0 Å². The molecule has 3 heterocycles. The summed E-state index contributed by atoms with van der Waals surface area (Å²) in [4.78, 5) is 11.9. The lowest BCUT2D eigenvalue weighted by Crippen LogP contribution is -2.40. The Morgan fingerprint density at radius 2 is 1.96 bits per heavy atom. The van der Waals surface area contributed by atoms with Gasteiger partial charge in [-0.2, -0.15) is 5.10 Å². The van der Waals surface area contributed by atoms with E-state index in [1.165, 1.54) is 25.9 Å². The van der Waals surface area contributed by atoms with Crippen LogP contribution in [-0.2, 0) is 6.42 Å². The summed E-state index contributed by atoms with van der Waals surface area (Å²) in [5, 5.41) is 4.38. The van der Waals surface area contributed by atoms with E-state index in [1.54, 1.807) is 0 Å². The van der Waals surface area contributed by atoms with E-state index >= 15 is 0 Å². The van der Waals surface area contributed by atoms with Gasteiger partial charge in [-0.05, 0) is 65.5 Å². The zero-order valence-electron chi connectivity index (χ0n) is 15.3. The second-order valence-corrected chi connectivity index (χ2v) is 7.45. The molecule has 0 aliphatic carbocycles. The summed E-state index contributed by atoms with van der Waals surface area (Å²) in [6, 6.07) is 2.96. The van der Waals surface area contributed by atoms with Crippen LogP contribution in [0.4, 0.5) is 0 Å². The summed E-state index contributed by atoms with van der Waals surface area (Å²) in [5.74, 6) is 0.697. The highest BCUT2D eigenvalue weighted by Crippen LogP contribution is 2.23. The summed E-state index contributed by atoms with van der Waals surface area (Å²) < 4.78 is 1.99. The number of aromatic nitrogens is 4. The highest BCUT2D eigenvalue weighted by atomic mass is 15.3. The minimum Gasteiger partial charge on any atom is -0.301 e. The van der Waals surface area contributed by atoms with Gasteiger partial charge in [0.1, 0.15) is 5.69 Å². The molecule has 1 saturated heterocycles. The van der Waals surface area contributed by atoms with Crippen molar-refractivity contribution in [2.24, 2.45) is 5.92 Å². The maximum atomic E-state index is 4.68. The van der Waals surface area contributed by atoms with Gasteiger partial charge in [-0.25, -0.2) is 0 Å². The van der Waals surface area contributed by atoms with E-state index in [0.29, 0.717) is 18.0 Å². The molecule has 1 aliphatic rings. The number of hydrogen-bond donors (Lipinski definition) is 0. The van der Waals surface area contributed by atoms with Crippen molar-refractivity contribution in [2.75, 3.05) is 13.1 Å². The molecule has 130 valence electrons. The summed E-state index contributed by atoms with van der Waals surface area (Å²) in [6.45, 7) is 11.2. The van der Waals surface area contributed by atoms with Gasteiger partial charge in [0.15, 0.2) is 0 Å². The van der Waals surface area contributed by atoms with Gasteiger partial charge in [0.05, 0.1) is 17.6 Å². The molecular weight excluding hydrogens is 298 g/mol. The van der Waals surface area contributed by atoms with Crippen LogP contribution in [0.5, 0.6) is 0 Å². The number of hydrogen-bond acceptors (Lipinski definition) is 4. The highest BCUT2D eigenvalue weighted by molar-refractivity contribution is 5.52. The molecule has 1 aliphatic heterocycles. The normalized spacial score (nSPS) is 19.3. The van der Waals surface area contributed by atoms with E-state index in [4.69, 9.17) is 0 Å². The second-order valence-electron chi connectivity index (χ2n) is 7.45. The molecule has 3 rings (SSSR count). The van der Waals surface area contributed by atoms with Crippen LogP contribution in [0, 0.1) is 5.92 Å². The number of likely N-dealkylation sites (tertiary alicyclic amines) is 1. The Bertz CT molecular complexity index is 644. The maximum Gasteiger partial charge on any atom is 0.107 e. The minimum atomic E-state index is 0.320. The Kier molecular flexibility index (Phi) is 5.29. The van der Waals surface area contributed by atoms with E-state index in [0.717, 1.165) is 23.5 Å². The standard InChI is InChI=1S/C19H29N5/c1-14(2)23-9-5-6-16(13-23)10-17-11-21-18(12-20-17)19-7-8-22-24(19)15(3)4/h7-8,11-12,14-16H,5-6,9-10,13H2,1-4H3/t16-/m0/s1. The van der Waals surface area contributed by atoms with Crippen molar-refractivity contribution in [3.05, 3.63) is 30.4 Å². The smallest absolute Gasteiger partial charge is 0.107 e. The molecule has 0 unspecified atom stereocenters. The van der Waals surface area contributed by atoms with Gasteiger partial charge < -0.3 is 4.90 Å². The van der Waals surface area contributed by atoms with Crippen LogP contribution in [-0.4, -0.2) is 43.8 Å². The molecular formula is C19H29N5. The molecule has 0 N–H and O–H groups in total. The Morgan fingerprint density at radius 3 is 2.62 bits per heavy atom. The van der Waals surface area contributed by atoms with Crippen molar-refractivity contribution in [3.63, 3.8) is 0 Å². The van der Waals surface area contributed by atoms with E-state index in [1.807, 2.05) is 29.3 Å². The van der Waals surface area contributed by atoms with E-state index in [9.17, 15) is 0 Å². The molecule has 2 aromatic rings. The van der Waals surface area contributed by atoms with E-state index in [2.05, 4.69) is 47.7 Å². The van der Waals surface area contributed by atoms with Crippen molar-refractivity contribution >= 4 is 0 Å². The predicted octanol–water partition coefficient (Wildman–Crippen LogP) is 3.58. The zero-order chi connectivity index (χ0) is 17.1. The fourth-order valence-corrected chi connectivity index (χ4v) is 3.55. The van der Waals surface area contributed by atoms with Gasteiger partial charge in [-0.1, -0.05) is 0 Å². The predicted molar refractivity (Wildman–Crippen MR) is 96.8 cm³/mol. The molecule has 0 amide bonds. The average Bonchev–Trinajstić information content (AvgIpc) is 3.06. The Morgan fingerprint density at radius 1 is 1.12 bits per heavy atom. The molecule has 0 saturated carbocycles. The zero-order valence-corrected chi connectivity index (χ0v) is 15.3. The molecule has 0 spiro atoms. The molecule has 1 fully saturated rings. The lowest BCUT2D eigenvalue weighted by Gasteiger charge is -2.35. The van der Waals surface area contributed by atoms with Crippen LogP contribution in [0.1, 0.15) is 52.3 Å². The second kappa shape index (κ2) is 7.43. The Labute approximate surface area is 145 Å². The first kappa shape index (κ1) is 17.1. The maximum absolute atomic E-state index is 4.68. The summed E-state index contributed by atoms with van der Waals surface area (Å²) in [6.07, 6.45) is 9.29. The molecule has 0 aromatic carbocycles. The molecule has 2 aromatic heterocycles. The van der Waals surface area contributed by atoms with E-state index in [-0.39, 0.29) is 0 Å². The summed E-state index contributed by atoms with van der Waals surface area (Å²) >= 11 is 0. The summed E-state index contributed by atoms with van der Waals surface area (Å²) in [5.41, 5.74) is 3.04. The van der Waals surface area contributed by atoms with Crippen LogP contribution in [0.15, 0.2) is 24.7 Å². The Hall–Kier alpha value is -1.75. The van der Waals surface area contributed by atoms with Crippen molar-refractivity contribution in [1.29, 1.82) is 0 Å². The molecule has 5 nitrogen and oxygen atoms in total. The molecule has 0 radical (unpaired) electrons.